The van der Waals surface area contributed by atoms with Gasteiger partial charge in [0.1, 0.15) is 12.4 Å². The average Bonchev–Trinajstić information content (AvgIpc) is 3.53. The van der Waals surface area contributed by atoms with E-state index in [1.54, 1.807) is 42.6 Å². The number of nitrogens with zero attached hydrogens (tertiary/aromatic N) is 1. The molecule has 6 rings (SSSR count). The SMILES string of the molecule is COc1cc(CCC2CC(O)C(CCO)C(c3cc(OC)c(O)c(OCC4NC(C)CCC45C(C(=O)O)C=CC5c4ccnc(N)c4)c3)O2)ccc1O. The minimum absolute atomic E-state index is 0.0277. The molecule has 53 heavy (non-hydrogen) atoms. The standard InChI is InChI=1S/C40H51N3O10/c1-22-10-13-40(28(7-8-29(40)39(48)49)24-11-14-42-36(41)19-24)35(43-22)21-52-34-18-25(17-33(51-3)37(34)47)38-27(12-15-44)31(46)20-26(53-38)6-4-23-5-9-30(45)32(16-23)50-2/h5,7-9,11,14,16-19,22,26-29,31,35,38,43-47H,4,6,10,12-13,15,20-21H2,1-3H3,(H2,41,42)(H,48,49). The van der Waals surface area contributed by atoms with Gasteiger partial charge in [-0.15, -0.1) is 0 Å². The number of nitrogen functional groups attached to an aromatic ring is 1. The average molecular weight is 734 g/mol. The number of nitrogens with one attached hydrogen (secondary N) is 1. The second-order valence-electron chi connectivity index (χ2n) is 14.5. The van der Waals surface area contributed by atoms with E-state index in [1.807, 2.05) is 18.2 Å². The van der Waals surface area contributed by atoms with Gasteiger partial charge in [-0.3, -0.25) is 4.79 Å². The van der Waals surface area contributed by atoms with Crippen LogP contribution < -0.4 is 25.3 Å². The van der Waals surface area contributed by atoms with Gasteiger partial charge in [-0.2, -0.15) is 0 Å². The van der Waals surface area contributed by atoms with Gasteiger partial charge in [0.25, 0.3) is 0 Å². The van der Waals surface area contributed by atoms with Crippen molar-refractivity contribution in [3.05, 3.63) is 77.5 Å². The zero-order valence-corrected chi connectivity index (χ0v) is 30.4. The lowest BCUT2D eigenvalue weighted by Crippen LogP contribution is -2.60. The third-order valence-corrected chi connectivity index (χ3v) is 11.4. The van der Waals surface area contributed by atoms with Crippen LogP contribution in [-0.4, -0.2) is 88.2 Å². The summed E-state index contributed by atoms with van der Waals surface area (Å²) in [4.78, 5) is 16.9. The van der Waals surface area contributed by atoms with Crippen molar-refractivity contribution in [3.63, 3.8) is 0 Å². The van der Waals surface area contributed by atoms with Crippen LogP contribution in [0.3, 0.4) is 0 Å². The van der Waals surface area contributed by atoms with Gasteiger partial charge in [-0.05, 0) is 98.5 Å². The Morgan fingerprint density at radius 3 is 2.53 bits per heavy atom. The van der Waals surface area contributed by atoms with Gasteiger partial charge in [0.05, 0.1) is 38.4 Å². The molecule has 13 heteroatoms. The molecule has 8 N–H and O–H groups in total. The number of aromatic nitrogens is 1. The number of benzene rings is 2. The normalized spacial score (nSPS) is 29.6. The number of piperidine rings is 1. The van der Waals surface area contributed by atoms with E-state index in [4.69, 9.17) is 24.7 Å². The number of hydrogen-bond donors (Lipinski definition) is 7. The second kappa shape index (κ2) is 16.2. The Bertz CT molecular complexity index is 1790. The number of methoxy groups -OCH3 is 2. The molecule has 2 aliphatic heterocycles. The largest absolute Gasteiger partial charge is 0.504 e. The number of aliphatic hydroxyl groups excluding tert-OH is 2. The number of carbonyl (C=O) groups is 1. The molecule has 3 heterocycles. The summed E-state index contributed by atoms with van der Waals surface area (Å²) in [6, 6.07) is 11.8. The minimum atomic E-state index is -0.930. The topological polar surface area (TPSA) is 206 Å². The van der Waals surface area contributed by atoms with E-state index >= 15 is 0 Å². The molecule has 2 fully saturated rings. The van der Waals surface area contributed by atoms with Crippen LogP contribution in [0.1, 0.15) is 67.7 Å². The maximum Gasteiger partial charge on any atom is 0.311 e. The summed E-state index contributed by atoms with van der Waals surface area (Å²) in [5.41, 5.74) is 7.67. The van der Waals surface area contributed by atoms with Gasteiger partial charge in [-0.1, -0.05) is 18.2 Å². The fourth-order valence-electron chi connectivity index (χ4n) is 8.76. The highest BCUT2D eigenvalue weighted by atomic mass is 16.5. The van der Waals surface area contributed by atoms with Crippen LogP contribution in [0.15, 0.2) is 60.8 Å². The van der Waals surface area contributed by atoms with Gasteiger partial charge in [0, 0.05) is 42.1 Å². The zero-order chi connectivity index (χ0) is 37.9. The molecule has 0 amide bonds. The van der Waals surface area contributed by atoms with E-state index in [1.165, 1.54) is 14.2 Å². The van der Waals surface area contributed by atoms with Gasteiger partial charge in [0.15, 0.2) is 23.0 Å². The van der Waals surface area contributed by atoms with Crippen molar-refractivity contribution in [1.29, 1.82) is 0 Å². The first-order chi connectivity index (χ1) is 25.5. The number of aromatic hydroxyl groups is 2. The molecular formula is C40H51N3O10. The zero-order valence-electron chi connectivity index (χ0n) is 30.4. The van der Waals surface area contributed by atoms with Crippen molar-refractivity contribution in [2.45, 2.75) is 81.8 Å². The molecule has 3 aromatic rings. The van der Waals surface area contributed by atoms with Crippen LogP contribution in [0, 0.1) is 17.3 Å². The third kappa shape index (κ3) is 7.75. The first kappa shape index (κ1) is 38.2. The monoisotopic (exact) mass is 733 g/mol. The molecule has 2 saturated heterocycles. The fraction of sp³-hybridized carbons (Fsp3) is 0.500. The van der Waals surface area contributed by atoms with Gasteiger partial charge in [-0.25, -0.2) is 4.98 Å². The number of nitrogens with two attached hydrogens (primary N) is 1. The molecule has 9 unspecified atom stereocenters. The van der Waals surface area contributed by atoms with E-state index < -0.39 is 41.5 Å². The van der Waals surface area contributed by atoms with Crippen LogP contribution in [0.5, 0.6) is 28.7 Å². The Labute approximate surface area is 309 Å². The third-order valence-electron chi connectivity index (χ3n) is 11.4. The fourth-order valence-corrected chi connectivity index (χ4v) is 8.76. The van der Waals surface area contributed by atoms with Crippen LogP contribution in [0.2, 0.25) is 0 Å². The van der Waals surface area contributed by atoms with Crippen molar-refractivity contribution < 1.29 is 49.3 Å². The smallest absolute Gasteiger partial charge is 0.311 e. The summed E-state index contributed by atoms with van der Waals surface area (Å²) in [7, 11) is 2.93. The lowest BCUT2D eigenvalue weighted by atomic mass is 9.59. The molecule has 0 radical (unpaired) electrons. The summed E-state index contributed by atoms with van der Waals surface area (Å²) >= 11 is 0. The first-order valence-corrected chi connectivity index (χ1v) is 18.2. The maximum absolute atomic E-state index is 12.8. The number of rotatable bonds is 13. The van der Waals surface area contributed by atoms with Crippen molar-refractivity contribution in [3.8, 4) is 28.7 Å². The molecule has 286 valence electrons. The highest BCUT2D eigenvalue weighted by Crippen LogP contribution is 2.56. The van der Waals surface area contributed by atoms with E-state index in [9.17, 15) is 30.3 Å². The Kier molecular flexibility index (Phi) is 11.7. The number of phenols is 2. The number of anilines is 1. The minimum Gasteiger partial charge on any atom is -0.504 e. The lowest BCUT2D eigenvalue weighted by molar-refractivity contribution is -0.146. The predicted molar refractivity (Wildman–Crippen MR) is 196 cm³/mol. The number of pyridine rings is 1. The molecule has 0 saturated carbocycles. The molecule has 9 atom stereocenters. The van der Waals surface area contributed by atoms with Crippen LogP contribution in [0.4, 0.5) is 5.82 Å². The van der Waals surface area contributed by atoms with E-state index in [0.29, 0.717) is 42.8 Å². The van der Waals surface area contributed by atoms with Crippen molar-refractivity contribution in [1.82, 2.24) is 10.3 Å². The highest BCUT2D eigenvalue weighted by Gasteiger charge is 2.57. The van der Waals surface area contributed by atoms with Gasteiger partial charge < -0.3 is 55.5 Å². The second-order valence-corrected chi connectivity index (χ2v) is 14.5. The first-order valence-electron chi connectivity index (χ1n) is 18.2. The molecular weight excluding hydrogens is 682 g/mol. The number of phenolic OH excluding ortho intramolecular Hbond substituents is 2. The number of carboxylic acids is 1. The van der Waals surface area contributed by atoms with Crippen LogP contribution >= 0.6 is 0 Å². The molecule has 3 aliphatic rings. The summed E-state index contributed by atoms with van der Waals surface area (Å²) < 4.78 is 24.0. The number of aliphatic carboxylic acids is 1. The van der Waals surface area contributed by atoms with E-state index in [-0.39, 0.29) is 60.7 Å². The van der Waals surface area contributed by atoms with Crippen molar-refractivity contribution in [2.24, 2.45) is 17.3 Å². The molecule has 1 aromatic heterocycles. The predicted octanol–water partition coefficient (Wildman–Crippen LogP) is 4.47. The van der Waals surface area contributed by atoms with E-state index in [0.717, 1.165) is 17.5 Å². The number of aliphatic hydroxyl groups is 2. The molecule has 2 aromatic carbocycles. The summed E-state index contributed by atoms with van der Waals surface area (Å²) in [5, 5.41) is 56.8. The number of carboxylic acid groups (broad SMARTS) is 1. The van der Waals surface area contributed by atoms with Gasteiger partial charge in [0.2, 0.25) is 5.75 Å². The lowest BCUT2D eigenvalue weighted by Gasteiger charge is -2.50. The van der Waals surface area contributed by atoms with Crippen molar-refractivity contribution >= 4 is 11.8 Å². The molecule has 1 spiro atoms. The van der Waals surface area contributed by atoms with E-state index in [2.05, 4.69) is 17.2 Å². The Balaban J connectivity index is 1.29. The maximum atomic E-state index is 12.8. The number of allylic oxidation sites excluding steroid dienone is 1. The molecule has 0 bridgehead atoms. The molecule has 1 aliphatic carbocycles. The number of ether oxygens (including phenoxy) is 4. The number of aryl methyl sites for hydroxylation is 1. The summed E-state index contributed by atoms with van der Waals surface area (Å²) in [6.45, 7) is 1.93. The van der Waals surface area contributed by atoms with Crippen LogP contribution in [0.25, 0.3) is 0 Å². The Morgan fingerprint density at radius 1 is 1.04 bits per heavy atom. The Hall–Kier alpha value is -4.56. The van der Waals surface area contributed by atoms with Gasteiger partial charge >= 0.3 is 5.97 Å². The summed E-state index contributed by atoms with van der Waals surface area (Å²) in [5.74, 6) is -1.65. The summed E-state index contributed by atoms with van der Waals surface area (Å²) in [6.07, 6.45) is 6.73. The quantitative estimate of drug-likeness (QED) is 0.121. The highest BCUT2D eigenvalue weighted by molar-refractivity contribution is 5.75. The molecule has 13 nitrogen and oxygen atoms in total. The number of hydrogen-bond acceptors (Lipinski definition) is 12. The Morgan fingerprint density at radius 2 is 1.81 bits per heavy atom. The van der Waals surface area contributed by atoms with Crippen LogP contribution in [-0.2, 0) is 16.0 Å². The van der Waals surface area contributed by atoms with Crippen molar-refractivity contribution in [2.75, 3.05) is 33.2 Å².